The Kier molecular flexibility index (Phi) is 15.0. The predicted molar refractivity (Wildman–Crippen MR) is 130 cm³/mol. The molecule has 9 nitrogen and oxygen atoms in total. The molecule has 0 spiro atoms. The summed E-state index contributed by atoms with van der Waals surface area (Å²) in [5.74, 6) is 2.43. The Morgan fingerprint density at radius 1 is 0.657 bits per heavy atom. The van der Waals surface area contributed by atoms with Gasteiger partial charge in [-0.15, -0.1) is 0 Å². The molecule has 0 amide bonds. The number of hydrogen-bond acceptors (Lipinski definition) is 9. The molecule has 2 aromatic rings. The van der Waals surface area contributed by atoms with Gasteiger partial charge in [0.2, 0.25) is 0 Å². The number of para-hydroxylation sites is 2. The summed E-state index contributed by atoms with van der Waals surface area (Å²) in [7, 11) is 0. The standard InChI is InChI=1S/C26H36O9/c1-2-32-23-6-3-4-7-24(23)33-17-14-29-11-5-12-30-15-19-35-26-20-22(21-28)8-9-25(26)34-18-16-31-13-10-27/h3-4,6-9,20-21,27H,2,5,10-19H2,1H3. The second-order valence-electron chi connectivity index (χ2n) is 7.16. The van der Waals surface area contributed by atoms with Gasteiger partial charge in [-0.1, -0.05) is 12.1 Å². The minimum Gasteiger partial charge on any atom is -0.490 e. The molecule has 0 aromatic heterocycles. The van der Waals surface area contributed by atoms with Gasteiger partial charge in [0.1, 0.15) is 26.1 Å². The summed E-state index contributed by atoms with van der Waals surface area (Å²) < 4.78 is 39.0. The van der Waals surface area contributed by atoms with Crippen LogP contribution < -0.4 is 18.9 Å². The van der Waals surface area contributed by atoms with Gasteiger partial charge >= 0.3 is 0 Å². The highest BCUT2D eigenvalue weighted by Gasteiger charge is 2.07. The van der Waals surface area contributed by atoms with E-state index in [-0.39, 0.29) is 13.2 Å². The largest absolute Gasteiger partial charge is 0.490 e. The number of hydrogen-bond donors (Lipinski definition) is 1. The van der Waals surface area contributed by atoms with Crippen molar-refractivity contribution in [3.8, 4) is 23.0 Å². The Balaban J connectivity index is 1.54. The number of benzene rings is 2. The first-order valence-electron chi connectivity index (χ1n) is 11.8. The molecule has 0 saturated heterocycles. The van der Waals surface area contributed by atoms with Gasteiger partial charge in [0.25, 0.3) is 0 Å². The first-order valence-corrected chi connectivity index (χ1v) is 11.8. The highest BCUT2D eigenvalue weighted by atomic mass is 16.6. The van der Waals surface area contributed by atoms with Crippen molar-refractivity contribution < 1.29 is 43.1 Å². The van der Waals surface area contributed by atoms with Gasteiger partial charge in [0.15, 0.2) is 23.0 Å². The lowest BCUT2D eigenvalue weighted by atomic mass is 10.2. The SMILES string of the molecule is CCOc1ccccc1OCCOCCCOCCOc1cc(C=O)ccc1OCCOCCO. The molecule has 0 aliphatic heterocycles. The average Bonchev–Trinajstić information content (AvgIpc) is 2.88. The molecule has 0 fully saturated rings. The Hall–Kier alpha value is -2.85. The third kappa shape index (κ3) is 11.9. The molecule has 0 aliphatic carbocycles. The summed E-state index contributed by atoms with van der Waals surface area (Å²) in [5.41, 5.74) is 0.493. The lowest BCUT2D eigenvalue weighted by Gasteiger charge is -2.14. The first-order chi connectivity index (χ1) is 17.3. The van der Waals surface area contributed by atoms with E-state index in [1.807, 2.05) is 31.2 Å². The molecular weight excluding hydrogens is 456 g/mol. The maximum Gasteiger partial charge on any atom is 0.162 e. The van der Waals surface area contributed by atoms with E-state index in [1.54, 1.807) is 18.2 Å². The normalized spacial score (nSPS) is 10.7. The zero-order valence-corrected chi connectivity index (χ0v) is 20.3. The topological polar surface area (TPSA) is 102 Å². The van der Waals surface area contributed by atoms with Crippen LogP contribution in [0.2, 0.25) is 0 Å². The molecule has 2 aromatic carbocycles. The molecule has 1 N–H and O–H groups in total. The van der Waals surface area contributed by atoms with Gasteiger partial charge in [-0.05, 0) is 43.7 Å². The molecule has 0 aliphatic rings. The van der Waals surface area contributed by atoms with Crippen molar-refractivity contribution in [2.24, 2.45) is 0 Å². The van der Waals surface area contributed by atoms with Crippen molar-refractivity contribution in [1.82, 2.24) is 0 Å². The number of carbonyl (C=O) groups excluding carboxylic acids is 1. The fourth-order valence-electron chi connectivity index (χ4n) is 2.94. The molecular formula is C26H36O9. The summed E-state index contributed by atoms with van der Waals surface area (Å²) in [4.78, 5) is 11.1. The van der Waals surface area contributed by atoms with E-state index in [0.717, 1.165) is 18.5 Å². The quantitative estimate of drug-likeness (QED) is 0.208. The lowest BCUT2D eigenvalue weighted by molar-refractivity contribution is 0.0567. The predicted octanol–water partition coefficient (Wildman–Crippen LogP) is 3.17. The highest BCUT2D eigenvalue weighted by molar-refractivity contribution is 5.76. The molecule has 35 heavy (non-hydrogen) atoms. The zero-order chi connectivity index (χ0) is 25.0. The molecule has 194 valence electrons. The van der Waals surface area contributed by atoms with Gasteiger partial charge in [0.05, 0.1) is 39.6 Å². The van der Waals surface area contributed by atoms with E-state index in [9.17, 15) is 4.79 Å². The zero-order valence-electron chi connectivity index (χ0n) is 20.3. The van der Waals surface area contributed by atoms with Gasteiger partial charge in [-0.25, -0.2) is 0 Å². The van der Waals surface area contributed by atoms with E-state index in [0.29, 0.717) is 82.3 Å². The van der Waals surface area contributed by atoms with Crippen molar-refractivity contribution in [2.45, 2.75) is 13.3 Å². The lowest BCUT2D eigenvalue weighted by Crippen LogP contribution is -2.12. The molecule has 0 saturated carbocycles. The first kappa shape index (κ1) is 28.4. The van der Waals surface area contributed by atoms with Gasteiger partial charge in [-0.2, -0.15) is 0 Å². The van der Waals surface area contributed by atoms with E-state index in [4.69, 9.17) is 38.3 Å². The van der Waals surface area contributed by atoms with Crippen LogP contribution in [-0.4, -0.2) is 84.1 Å². The van der Waals surface area contributed by atoms with E-state index >= 15 is 0 Å². The van der Waals surface area contributed by atoms with Crippen LogP contribution >= 0.6 is 0 Å². The molecule has 0 radical (unpaired) electrons. The molecule has 0 unspecified atom stereocenters. The summed E-state index contributed by atoms with van der Waals surface area (Å²) in [6.07, 6.45) is 1.50. The number of carbonyl (C=O) groups is 1. The summed E-state index contributed by atoms with van der Waals surface area (Å²) in [6.45, 7) is 6.12. The third-order valence-electron chi connectivity index (χ3n) is 4.52. The van der Waals surface area contributed by atoms with E-state index in [1.165, 1.54) is 0 Å². The maximum absolute atomic E-state index is 11.1. The van der Waals surface area contributed by atoms with Gasteiger partial charge in [0, 0.05) is 18.8 Å². The Labute approximate surface area is 206 Å². The van der Waals surface area contributed by atoms with Crippen LogP contribution in [0.25, 0.3) is 0 Å². The second kappa shape index (κ2) is 18.5. The maximum atomic E-state index is 11.1. The second-order valence-corrected chi connectivity index (χ2v) is 7.16. The Morgan fingerprint density at radius 3 is 1.77 bits per heavy atom. The molecule has 0 heterocycles. The smallest absolute Gasteiger partial charge is 0.162 e. The minimum atomic E-state index is -0.0348. The minimum absolute atomic E-state index is 0.0348. The van der Waals surface area contributed by atoms with Crippen molar-refractivity contribution in [3.05, 3.63) is 48.0 Å². The molecule has 0 bridgehead atoms. The van der Waals surface area contributed by atoms with E-state index < -0.39 is 0 Å². The van der Waals surface area contributed by atoms with Crippen LogP contribution in [0.3, 0.4) is 0 Å². The number of aliphatic hydroxyl groups is 1. The van der Waals surface area contributed by atoms with E-state index in [2.05, 4.69) is 0 Å². The molecule has 9 heteroatoms. The molecule has 0 atom stereocenters. The fourth-order valence-corrected chi connectivity index (χ4v) is 2.94. The third-order valence-corrected chi connectivity index (χ3v) is 4.52. The Bertz CT molecular complexity index is 828. The average molecular weight is 493 g/mol. The van der Waals surface area contributed by atoms with Crippen molar-refractivity contribution in [1.29, 1.82) is 0 Å². The summed E-state index contributed by atoms with van der Waals surface area (Å²) in [6, 6.07) is 12.5. The van der Waals surface area contributed by atoms with Crippen LogP contribution in [0, 0.1) is 0 Å². The number of rotatable bonds is 21. The van der Waals surface area contributed by atoms with Crippen molar-refractivity contribution >= 4 is 6.29 Å². The van der Waals surface area contributed by atoms with Crippen LogP contribution in [0.15, 0.2) is 42.5 Å². The van der Waals surface area contributed by atoms with Crippen LogP contribution in [0.1, 0.15) is 23.7 Å². The number of aldehydes is 1. The number of ether oxygens (including phenoxy) is 7. The van der Waals surface area contributed by atoms with Gasteiger partial charge in [-0.3, -0.25) is 4.79 Å². The van der Waals surface area contributed by atoms with Crippen LogP contribution in [0.5, 0.6) is 23.0 Å². The fraction of sp³-hybridized carbons (Fsp3) is 0.500. The monoisotopic (exact) mass is 492 g/mol. The molecule has 2 rings (SSSR count). The highest BCUT2D eigenvalue weighted by Crippen LogP contribution is 2.28. The van der Waals surface area contributed by atoms with Crippen LogP contribution in [-0.2, 0) is 14.2 Å². The number of aliphatic hydroxyl groups excluding tert-OH is 1. The van der Waals surface area contributed by atoms with Crippen LogP contribution in [0.4, 0.5) is 0 Å². The van der Waals surface area contributed by atoms with Crippen molar-refractivity contribution in [2.75, 3.05) is 72.7 Å². The summed E-state index contributed by atoms with van der Waals surface area (Å²) in [5, 5.41) is 8.72. The summed E-state index contributed by atoms with van der Waals surface area (Å²) >= 11 is 0. The van der Waals surface area contributed by atoms with Gasteiger partial charge < -0.3 is 38.3 Å². The van der Waals surface area contributed by atoms with Crippen molar-refractivity contribution in [3.63, 3.8) is 0 Å². The Morgan fingerprint density at radius 2 is 1.20 bits per heavy atom.